The van der Waals surface area contributed by atoms with Crippen molar-refractivity contribution in [1.29, 1.82) is 0 Å². The Morgan fingerprint density at radius 1 is 1.12 bits per heavy atom. The van der Waals surface area contributed by atoms with E-state index in [0.29, 0.717) is 15.0 Å². The van der Waals surface area contributed by atoms with Crippen LogP contribution in [-0.4, -0.2) is 21.8 Å². The number of amides is 1. The summed E-state index contributed by atoms with van der Waals surface area (Å²) in [6.07, 6.45) is 5.52. The van der Waals surface area contributed by atoms with Crippen molar-refractivity contribution in [2.45, 2.75) is 11.8 Å². The summed E-state index contributed by atoms with van der Waals surface area (Å²) in [5.41, 5.74) is 1.21. The second-order valence-electron chi connectivity index (χ2n) is 5.55. The number of pyridine rings is 1. The largest absolute Gasteiger partial charge is 0.335 e. The van der Waals surface area contributed by atoms with Gasteiger partial charge in [-0.1, -0.05) is 53.9 Å². The number of benzene rings is 1. The van der Waals surface area contributed by atoms with Gasteiger partial charge >= 0.3 is 0 Å². The van der Waals surface area contributed by atoms with Gasteiger partial charge in [0.2, 0.25) is 0 Å². The van der Waals surface area contributed by atoms with Crippen LogP contribution in [0.4, 0.5) is 11.5 Å². The minimum Gasteiger partial charge on any atom is -0.335 e. The Bertz CT molecular complexity index is 940. The summed E-state index contributed by atoms with van der Waals surface area (Å²) in [7, 11) is 0. The summed E-state index contributed by atoms with van der Waals surface area (Å²) in [4.78, 5) is 22.6. The lowest BCUT2D eigenvalue weighted by molar-refractivity contribution is -0.113. The van der Waals surface area contributed by atoms with E-state index in [1.807, 2.05) is 36.4 Å². The summed E-state index contributed by atoms with van der Waals surface area (Å²) in [6, 6.07) is 13.8. The number of carbonyl (C=O) groups excluding carboxylic acids is 1. The molecule has 0 N–H and O–H groups in total. The first-order chi connectivity index (χ1) is 12.7. The van der Waals surface area contributed by atoms with Crippen molar-refractivity contribution in [1.82, 2.24) is 4.98 Å². The molecule has 7 heteroatoms. The minimum atomic E-state index is -0.126. The van der Waals surface area contributed by atoms with Gasteiger partial charge in [-0.25, -0.2) is 9.88 Å². The number of hydrogen-bond donors (Lipinski definition) is 0. The second-order valence-corrected chi connectivity index (χ2v) is 8.28. The number of allylic oxidation sites excluding steroid dienone is 2. The van der Waals surface area contributed by atoms with E-state index in [2.05, 4.69) is 28.9 Å². The van der Waals surface area contributed by atoms with E-state index in [-0.39, 0.29) is 5.91 Å². The molecule has 0 spiro atoms. The number of hydrogen-bond acceptors (Lipinski definition) is 6. The zero-order valence-corrected chi connectivity index (χ0v) is 16.4. The van der Waals surface area contributed by atoms with Gasteiger partial charge in [0.25, 0.3) is 5.91 Å². The average Bonchev–Trinajstić information content (AvgIpc) is 3.16. The van der Waals surface area contributed by atoms with Crippen LogP contribution < -0.4 is 9.80 Å². The minimum absolute atomic E-state index is 0.126. The van der Waals surface area contributed by atoms with Gasteiger partial charge in [0.1, 0.15) is 5.82 Å². The maximum atomic E-state index is 12.8. The van der Waals surface area contributed by atoms with Crippen molar-refractivity contribution in [3.8, 4) is 0 Å². The molecular formula is C19H15N3OS3. The molecule has 130 valence electrons. The molecule has 2 aliphatic heterocycles. The Morgan fingerprint density at radius 2 is 1.92 bits per heavy atom. The third kappa shape index (κ3) is 3.06. The Hall–Kier alpha value is -2.09. The molecule has 0 radical (unpaired) electrons. The SMILES string of the molecule is CCN1C(=CC=C2SC(=S)N(c3ccccn3)C2=O)Sc2ccccc21. The Morgan fingerprint density at radius 3 is 2.69 bits per heavy atom. The van der Waals surface area contributed by atoms with Crippen molar-refractivity contribution >= 4 is 57.5 Å². The molecule has 2 aliphatic rings. The Labute approximate surface area is 166 Å². The lowest BCUT2D eigenvalue weighted by Gasteiger charge is -2.17. The van der Waals surface area contributed by atoms with Crippen molar-refractivity contribution in [3.05, 3.63) is 70.7 Å². The fourth-order valence-electron chi connectivity index (χ4n) is 2.82. The third-order valence-corrected chi connectivity index (χ3v) is 6.45. The van der Waals surface area contributed by atoms with E-state index in [0.717, 1.165) is 11.6 Å². The van der Waals surface area contributed by atoms with E-state index in [4.69, 9.17) is 12.2 Å². The van der Waals surface area contributed by atoms with Crippen LogP contribution in [0.3, 0.4) is 0 Å². The van der Waals surface area contributed by atoms with Crippen molar-refractivity contribution in [2.75, 3.05) is 16.3 Å². The van der Waals surface area contributed by atoms with Crippen LogP contribution in [0.2, 0.25) is 0 Å². The van der Waals surface area contributed by atoms with Crippen LogP contribution >= 0.6 is 35.7 Å². The second kappa shape index (κ2) is 7.26. The van der Waals surface area contributed by atoms with Crippen LogP contribution in [0, 0.1) is 0 Å². The van der Waals surface area contributed by atoms with Gasteiger partial charge in [-0.2, -0.15) is 0 Å². The molecule has 3 heterocycles. The highest BCUT2D eigenvalue weighted by Crippen LogP contribution is 2.45. The molecule has 0 bridgehead atoms. The topological polar surface area (TPSA) is 36.4 Å². The van der Waals surface area contributed by atoms with Crippen LogP contribution in [0.15, 0.2) is 75.6 Å². The fourth-order valence-corrected chi connectivity index (χ4v) is 5.16. The first kappa shape index (κ1) is 17.3. The van der Waals surface area contributed by atoms with Crippen LogP contribution in [0.1, 0.15) is 6.92 Å². The van der Waals surface area contributed by atoms with Crippen LogP contribution in [-0.2, 0) is 4.79 Å². The van der Waals surface area contributed by atoms with Crippen molar-refractivity contribution in [2.24, 2.45) is 0 Å². The highest BCUT2D eigenvalue weighted by Gasteiger charge is 2.34. The molecule has 0 aliphatic carbocycles. The number of carbonyl (C=O) groups is 1. The number of fused-ring (bicyclic) bond motifs is 1. The van der Waals surface area contributed by atoms with Gasteiger partial charge in [-0.15, -0.1) is 0 Å². The number of aromatic nitrogens is 1. The van der Waals surface area contributed by atoms with Crippen LogP contribution in [0.25, 0.3) is 0 Å². The molecule has 1 amide bonds. The van der Waals surface area contributed by atoms with E-state index < -0.39 is 0 Å². The fraction of sp³-hybridized carbons (Fsp3) is 0.105. The molecule has 4 rings (SSSR count). The molecule has 1 aromatic carbocycles. The normalized spacial score (nSPS) is 19.7. The average molecular weight is 398 g/mol. The van der Waals surface area contributed by atoms with E-state index in [9.17, 15) is 4.79 Å². The van der Waals surface area contributed by atoms with Gasteiger partial charge in [0.15, 0.2) is 4.32 Å². The first-order valence-corrected chi connectivity index (χ1v) is 10.2. The molecule has 2 aromatic rings. The van der Waals surface area contributed by atoms with Crippen molar-refractivity contribution < 1.29 is 4.79 Å². The molecule has 1 saturated heterocycles. The highest BCUT2D eigenvalue weighted by atomic mass is 32.2. The summed E-state index contributed by atoms with van der Waals surface area (Å²) >= 11 is 8.40. The summed E-state index contributed by atoms with van der Waals surface area (Å²) in [6.45, 7) is 3.00. The number of para-hydroxylation sites is 1. The Balaban J connectivity index is 1.61. The molecule has 0 atom stereocenters. The molecule has 4 nitrogen and oxygen atoms in total. The molecule has 26 heavy (non-hydrogen) atoms. The zero-order valence-electron chi connectivity index (χ0n) is 14.0. The predicted molar refractivity (Wildman–Crippen MR) is 113 cm³/mol. The van der Waals surface area contributed by atoms with Crippen molar-refractivity contribution in [3.63, 3.8) is 0 Å². The van der Waals surface area contributed by atoms with Gasteiger partial charge in [0, 0.05) is 17.6 Å². The first-order valence-electron chi connectivity index (χ1n) is 8.12. The lowest BCUT2D eigenvalue weighted by Crippen LogP contribution is -2.28. The highest BCUT2D eigenvalue weighted by molar-refractivity contribution is 8.27. The molecule has 0 unspecified atom stereocenters. The number of thiocarbonyl (C=S) groups is 1. The molecule has 1 aromatic heterocycles. The van der Waals surface area contributed by atoms with Gasteiger partial charge in [-0.3, -0.25) is 4.79 Å². The van der Waals surface area contributed by atoms with E-state index in [1.165, 1.54) is 27.2 Å². The number of nitrogens with zero attached hydrogens (tertiary/aromatic N) is 3. The number of rotatable bonds is 3. The maximum absolute atomic E-state index is 12.8. The maximum Gasteiger partial charge on any atom is 0.271 e. The standard InChI is InChI=1S/C19H15N3OS3/c1-2-21-13-7-3-4-8-14(13)25-17(21)11-10-15-18(23)22(19(24)26-15)16-9-5-6-12-20-16/h3-12H,2H2,1H3. The Kier molecular flexibility index (Phi) is 4.84. The number of thioether (sulfide) groups is 2. The van der Waals surface area contributed by atoms with Gasteiger partial charge in [-0.05, 0) is 43.3 Å². The molecule has 0 saturated carbocycles. The van der Waals surface area contributed by atoms with Gasteiger partial charge < -0.3 is 4.90 Å². The quantitative estimate of drug-likeness (QED) is 0.547. The monoisotopic (exact) mass is 397 g/mol. The molecular weight excluding hydrogens is 382 g/mol. The van der Waals surface area contributed by atoms with E-state index in [1.54, 1.807) is 24.0 Å². The smallest absolute Gasteiger partial charge is 0.271 e. The summed E-state index contributed by atoms with van der Waals surface area (Å²) < 4.78 is 0.507. The zero-order chi connectivity index (χ0) is 18.1. The van der Waals surface area contributed by atoms with Crippen LogP contribution in [0.5, 0.6) is 0 Å². The lowest BCUT2D eigenvalue weighted by atomic mass is 10.3. The predicted octanol–water partition coefficient (Wildman–Crippen LogP) is 4.80. The summed E-state index contributed by atoms with van der Waals surface area (Å²) in [5.74, 6) is 0.433. The van der Waals surface area contributed by atoms with Gasteiger partial charge in [0.05, 0.1) is 15.6 Å². The molecule has 1 fully saturated rings. The third-order valence-electron chi connectivity index (χ3n) is 4.00. The summed E-state index contributed by atoms with van der Waals surface area (Å²) in [5, 5.41) is 1.11. The van der Waals surface area contributed by atoms with E-state index >= 15 is 0 Å². The number of anilines is 2.